The zero-order valence-corrected chi connectivity index (χ0v) is 11.4. The van der Waals surface area contributed by atoms with Crippen LogP contribution in [0.5, 0.6) is 0 Å². The topological polar surface area (TPSA) is 66.0 Å². The van der Waals surface area contributed by atoms with E-state index in [2.05, 4.69) is 9.97 Å². The van der Waals surface area contributed by atoms with Crippen molar-refractivity contribution in [1.82, 2.24) is 14.5 Å². The Bertz CT molecular complexity index is 559. The molecule has 5 nitrogen and oxygen atoms in total. The molecule has 2 N–H and O–H groups in total. The van der Waals surface area contributed by atoms with Gasteiger partial charge < -0.3 is 10.5 Å². The molecule has 0 amide bonds. The molecule has 5 heteroatoms. The van der Waals surface area contributed by atoms with Gasteiger partial charge in [0.05, 0.1) is 12.1 Å². The molecular weight excluding hydrogens is 228 g/mol. The first-order valence-electron chi connectivity index (χ1n) is 6.16. The number of pyridine rings is 1. The second-order valence-corrected chi connectivity index (χ2v) is 5.04. The van der Waals surface area contributed by atoms with Crippen LogP contribution < -0.4 is 5.73 Å². The van der Waals surface area contributed by atoms with E-state index in [4.69, 9.17) is 10.5 Å². The number of aryl methyl sites for hydroxylation is 1. The van der Waals surface area contributed by atoms with Gasteiger partial charge in [-0.15, -0.1) is 0 Å². The standard InChI is InChI=1S/C13H20N4O/c1-5-18-13(3,4)8-17-11-10(16-12(17)14)7-6-9(2)15-11/h6-7H,5,8H2,1-4H3,(H2,14,16). The Labute approximate surface area is 107 Å². The summed E-state index contributed by atoms with van der Waals surface area (Å²) in [5, 5.41) is 0. The monoisotopic (exact) mass is 248 g/mol. The Balaban J connectivity index is 2.43. The first-order valence-corrected chi connectivity index (χ1v) is 6.16. The highest BCUT2D eigenvalue weighted by molar-refractivity contribution is 5.74. The summed E-state index contributed by atoms with van der Waals surface area (Å²) in [5.41, 5.74) is 8.27. The summed E-state index contributed by atoms with van der Waals surface area (Å²) in [5.74, 6) is 0.482. The third-order valence-electron chi connectivity index (χ3n) is 2.83. The summed E-state index contributed by atoms with van der Waals surface area (Å²) in [6, 6.07) is 3.88. The quantitative estimate of drug-likeness (QED) is 0.900. The third-order valence-corrected chi connectivity index (χ3v) is 2.83. The van der Waals surface area contributed by atoms with Crippen molar-refractivity contribution in [2.45, 2.75) is 39.8 Å². The number of aromatic nitrogens is 3. The van der Waals surface area contributed by atoms with Crippen molar-refractivity contribution >= 4 is 17.1 Å². The molecular formula is C13H20N4O. The molecule has 0 aliphatic heterocycles. The fraction of sp³-hybridized carbons (Fsp3) is 0.538. The minimum Gasteiger partial charge on any atom is -0.374 e. The Hall–Kier alpha value is -1.62. The highest BCUT2D eigenvalue weighted by atomic mass is 16.5. The average Bonchev–Trinajstić information content (AvgIpc) is 2.55. The number of nitrogens with zero attached hydrogens (tertiary/aromatic N) is 3. The molecule has 0 aliphatic rings. The zero-order chi connectivity index (χ0) is 13.3. The van der Waals surface area contributed by atoms with Crippen molar-refractivity contribution in [1.29, 1.82) is 0 Å². The number of fused-ring (bicyclic) bond motifs is 1. The molecule has 2 rings (SSSR count). The van der Waals surface area contributed by atoms with Crippen molar-refractivity contribution in [2.24, 2.45) is 0 Å². The second-order valence-electron chi connectivity index (χ2n) is 5.04. The van der Waals surface area contributed by atoms with E-state index >= 15 is 0 Å². The van der Waals surface area contributed by atoms with Crippen molar-refractivity contribution in [2.75, 3.05) is 12.3 Å². The van der Waals surface area contributed by atoms with E-state index in [0.717, 1.165) is 16.9 Å². The van der Waals surface area contributed by atoms with Crippen LogP contribution in [0, 0.1) is 6.92 Å². The lowest BCUT2D eigenvalue weighted by Crippen LogP contribution is -2.31. The average molecular weight is 248 g/mol. The lowest BCUT2D eigenvalue weighted by Gasteiger charge is -2.25. The van der Waals surface area contributed by atoms with Crippen LogP contribution in [0.25, 0.3) is 11.2 Å². The maximum Gasteiger partial charge on any atom is 0.202 e. The Kier molecular flexibility index (Phi) is 3.26. The summed E-state index contributed by atoms with van der Waals surface area (Å²) in [7, 11) is 0. The first kappa shape index (κ1) is 12.8. The molecule has 0 fully saturated rings. The SMILES string of the molecule is CCOC(C)(C)Cn1c(N)nc2ccc(C)nc21. The van der Waals surface area contributed by atoms with Gasteiger partial charge in [0.2, 0.25) is 5.95 Å². The summed E-state index contributed by atoms with van der Waals surface area (Å²) in [4.78, 5) is 8.83. The maximum atomic E-state index is 5.96. The van der Waals surface area contributed by atoms with E-state index in [1.165, 1.54) is 0 Å². The Morgan fingerprint density at radius 1 is 1.33 bits per heavy atom. The molecule has 0 bridgehead atoms. The molecule has 0 spiro atoms. The van der Waals surface area contributed by atoms with Gasteiger partial charge in [-0.1, -0.05) is 0 Å². The number of nitrogen functional groups attached to an aromatic ring is 1. The van der Waals surface area contributed by atoms with Crippen LogP contribution in [0.4, 0.5) is 5.95 Å². The van der Waals surface area contributed by atoms with E-state index in [0.29, 0.717) is 19.1 Å². The van der Waals surface area contributed by atoms with Crippen LogP contribution in [0.3, 0.4) is 0 Å². The summed E-state index contributed by atoms with van der Waals surface area (Å²) in [6.07, 6.45) is 0. The molecule has 2 aromatic heterocycles. The molecule has 2 aromatic rings. The predicted molar refractivity (Wildman–Crippen MR) is 72.4 cm³/mol. The number of imidazole rings is 1. The molecule has 0 radical (unpaired) electrons. The third kappa shape index (κ3) is 2.46. The van der Waals surface area contributed by atoms with Gasteiger partial charge in [-0.05, 0) is 39.8 Å². The van der Waals surface area contributed by atoms with E-state index in [1.54, 1.807) is 0 Å². The Morgan fingerprint density at radius 3 is 2.72 bits per heavy atom. The molecule has 18 heavy (non-hydrogen) atoms. The van der Waals surface area contributed by atoms with Crippen LogP contribution in [-0.2, 0) is 11.3 Å². The van der Waals surface area contributed by atoms with E-state index < -0.39 is 0 Å². The lowest BCUT2D eigenvalue weighted by molar-refractivity contribution is -0.0213. The van der Waals surface area contributed by atoms with Crippen molar-refractivity contribution in [3.8, 4) is 0 Å². The molecule has 2 heterocycles. The fourth-order valence-corrected chi connectivity index (χ4v) is 2.09. The van der Waals surface area contributed by atoms with Crippen molar-refractivity contribution in [3.05, 3.63) is 17.8 Å². The smallest absolute Gasteiger partial charge is 0.202 e. The minimum atomic E-state index is -0.290. The Morgan fingerprint density at radius 2 is 2.06 bits per heavy atom. The van der Waals surface area contributed by atoms with Crippen LogP contribution in [0.2, 0.25) is 0 Å². The van der Waals surface area contributed by atoms with E-state index in [-0.39, 0.29) is 5.60 Å². The number of anilines is 1. The highest BCUT2D eigenvalue weighted by Gasteiger charge is 2.22. The highest BCUT2D eigenvalue weighted by Crippen LogP contribution is 2.21. The molecule has 0 atom stereocenters. The van der Waals surface area contributed by atoms with Crippen LogP contribution in [0.15, 0.2) is 12.1 Å². The van der Waals surface area contributed by atoms with Gasteiger partial charge in [-0.25, -0.2) is 9.97 Å². The van der Waals surface area contributed by atoms with Gasteiger partial charge in [0, 0.05) is 12.3 Å². The summed E-state index contributed by atoms with van der Waals surface area (Å²) >= 11 is 0. The van der Waals surface area contributed by atoms with Crippen molar-refractivity contribution in [3.63, 3.8) is 0 Å². The van der Waals surface area contributed by atoms with E-state index in [1.807, 2.05) is 44.4 Å². The fourth-order valence-electron chi connectivity index (χ4n) is 2.09. The zero-order valence-electron chi connectivity index (χ0n) is 11.4. The molecule has 0 aliphatic carbocycles. The van der Waals surface area contributed by atoms with Gasteiger partial charge in [-0.3, -0.25) is 4.57 Å². The van der Waals surface area contributed by atoms with Gasteiger partial charge >= 0.3 is 0 Å². The number of hydrogen-bond donors (Lipinski definition) is 1. The van der Waals surface area contributed by atoms with E-state index in [9.17, 15) is 0 Å². The normalized spacial score (nSPS) is 12.2. The number of nitrogens with two attached hydrogens (primary N) is 1. The minimum absolute atomic E-state index is 0.290. The van der Waals surface area contributed by atoms with Crippen LogP contribution in [0.1, 0.15) is 26.5 Å². The predicted octanol–water partition coefficient (Wildman–Crippen LogP) is 2.14. The van der Waals surface area contributed by atoms with Gasteiger partial charge in [0.15, 0.2) is 5.65 Å². The molecule has 0 unspecified atom stereocenters. The molecule has 0 saturated carbocycles. The second kappa shape index (κ2) is 4.57. The van der Waals surface area contributed by atoms with Crippen LogP contribution >= 0.6 is 0 Å². The first-order chi connectivity index (χ1) is 8.43. The molecule has 0 saturated heterocycles. The van der Waals surface area contributed by atoms with Crippen LogP contribution in [-0.4, -0.2) is 26.7 Å². The number of ether oxygens (including phenoxy) is 1. The lowest BCUT2D eigenvalue weighted by atomic mass is 10.1. The maximum absolute atomic E-state index is 5.96. The molecule has 98 valence electrons. The van der Waals surface area contributed by atoms with Gasteiger partial charge in [-0.2, -0.15) is 0 Å². The molecule has 0 aromatic carbocycles. The van der Waals surface area contributed by atoms with Crippen molar-refractivity contribution < 1.29 is 4.74 Å². The summed E-state index contributed by atoms with van der Waals surface area (Å²) < 4.78 is 7.62. The largest absolute Gasteiger partial charge is 0.374 e. The van der Waals surface area contributed by atoms with Gasteiger partial charge in [0.1, 0.15) is 5.52 Å². The number of hydrogen-bond acceptors (Lipinski definition) is 4. The number of rotatable bonds is 4. The van der Waals surface area contributed by atoms with Gasteiger partial charge in [0.25, 0.3) is 0 Å². The summed E-state index contributed by atoms with van der Waals surface area (Å²) in [6.45, 7) is 9.33.